The summed E-state index contributed by atoms with van der Waals surface area (Å²) >= 11 is 0. The number of hydrogen-bond acceptors (Lipinski definition) is 2. The van der Waals surface area contributed by atoms with Gasteiger partial charge in [-0.25, -0.2) is 0 Å². The third-order valence-corrected chi connectivity index (χ3v) is 8.71. The average Bonchev–Trinajstić information content (AvgIpc) is 3.56. The molecule has 206 valence electrons. The summed E-state index contributed by atoms with van der Waals surface area (Å²) in [5, 5.41) is 25.4. The number of aryl methyl sites for hydroxylation is 2. The molecule has 4 heteroatoms. The molecule has 2 heterocycles. The van der Waals surface area contributed by atoms with Crippen LogP contribution in [0.1, 0.15) is 22.3 Å². The molecule has 0 aliphatic heterocycles. The molecule has 4 nitrogen and oxygen atoms in total. The highest BCUT2D eigenvalue weighted by atomic mass is 15.0. The normalized spacial score (nSPS) is 11.4. The van der Waals surface area contributed by atoms with Crippen LogP contribution < -0.4 is 0 Å². The first-order chi connectivity index (χ1) is 21.6. The quantitative estimate of drug-likeness (QED) is 0.215. The standard InChI is InChI=1S/C40H26N4/c1-25-11-17-39-35(19-25)33-7-3-5-9-37(33)43(39)29-13-15-31(27(21-29)23-41)32-16-14-30(22-28(32)24-42)44-38-10-6-4-8-34(38)36-20-26(2)12-18-40(36)44/h3-22H,1-2H3. The molecular weight excluding hydrogens is 536 g/mol. The van der Waals surface area contributed by atoms with Crippen molar-refractivity contribution in [2.24, 2.45) is 0 Å². The number of para-hydroxylation sites is 2. The van der Waals surface area contributed by atoms with Crippen LogP contribution in [0.2, 0.25) is 0 Å². The molecule has 8 aromatic rings. The monoisotopic (exact) mass is 562 g/mol. The van der Waals surface area contributed by atoms with Crippen molar-refractivity contribution in [2.45, 2.75) is 13.8 Å². The van der Waals surface area contributed by atoms with Crippen LogP contribution in [-0.2, 0) is 0 Å². The minimum absolute atomic E-state index is 0.525. The Hall–Kier alpha value is -6.10. The van der Waals surface area contributed by atoms with Crippen LogP contribution in [-0.4, -0.2) is 9.13 Å². The Morgan fingerprint density at radius 2 is 0.841 bits per heavy atom. The van der Waals surface area contributed by atoms with Gasteiger partial charge in [-0.15, -0.1) is 0 Å². The number of fused-ring (bicyclic) bond motifs is 6. The topological polar surface area (TPSA) is 57.4 Å². The summed E-state index contributed by atoms with van der Waals surface area (Å²) in [5.41, 5.74) is 11.1. The zero-order valence-electron chi connectivity index (χ0n) is 24.3. The Morgan fingerprint density at radius 1 is 0.432 bits per heavy atom. The zero-order chi connectivity index (χ0) is 29.9. The number of nitrogens with zero attached hydrogens (tertiary/aromatic N) is 4. The van der Waals surface area contributed by atoms with Gasteiger partial charge in [-0.2, -0.15) is 10.5 Å². The lowest BCUT2D eigenvalue weighted by Crippen LogP contribution is -1.98. The Kier molecular flexibility index (Phi) is 5.66. The van der Waals surface area contributed by atoms with Crippen LogP contribution in [0.5, 0.6) is 0 Å². The molecule has 0 unspecified atom stereocenters. The maximum absolute atomic E-state index is 10.3. The number of hydrogen-bond donors (Lipinski definition) is 0. The first kappa shape index (κ1) is 25.6. The minimum Gasteiger partial charge on any atom is -0.309 e. The van der Waals surface area contributed by atoms with Crippen molar-refractivity contribution in [3.05, 3.63) is 144 Å². The lowest BCUT2D eigenvalue weighted by Gasteiger charge is -2.14. The van der Waals surface area contributed by atoms with E-state index in [2.05, 4.69) is 108 Å². The van der Waals surface area contributed by atoms with Gasteiger partial charge in [0.2, 0.25) is 0 Å². The molecule has 0 saturated carbocycles. The van der Waals surface area contributed by atoms with Gasteiger partial charge < -0.3 is 9.13 Å². The third-order valence-electron chi connectivity index (χ3n) is 8.71. The molecule has 0 N–H and O–H groups in total. The number of nitriles is 2. The van der Waals surface area contributed by atoms with Crippen LogP contribution in [0.15, 0.2) is 121 Å². The fourth-order valence-electron chi connectivity index (χ4n) is 6.73. The van der Waals surface area contributed by atoms with Crippen molar-refractivity contribution in [1.82, 2.24) is 9.13 Å². The summed E-state index contributed by atoms with van der Waals surface area (Å²) in [4.78, 5) is 0. The second-order valence-electron chi connectivity index (χ2n) is 11.4. The van der Waals surface area contributed by atoms with Gasteiger partial charge in [0.05, 0.1) is 45.3 Å². The molecular formula is C40H26N4. The molecule has 0 fully saturated rings. The summed E-state index contributed by atoms with van der Waals surface area (Å²) in [6, 6.07) is 46.5. The van der Waals surface area contributed by atoms with E-state index in [9.17, 15) is 10.5 Å². The number of aromatic nitrogens is 2. The molecule has 2 aromatic heterocycles. The highest BCUT2D eigenvalue weighted by Gasteiger charge is 2.18. The summed E-state index contributed by atoms with van der Waals surface area (Å²) < 4.78 is 4.43. The Bertz CT molecular complexity index is 2370. The molecule has 0 aliphatic rings. The van der Waals surface area contributed by atoms with Crippen LogP contribution in [0.3, 0.4) is 0 Å². The van der Waals surface area contributed by atoms with E-state index in [-0.39, 0.29) is 0 Å². The molecule has 0 aliphatic carbocycles. The Labute approximate surface area is 254 Å². The van der Waals surface area contributed by atoms with E-state index in [0.717, 1.165) is 44.6 Å². The maximum Gasteiger partial charge on any atom is 0.0998 e. The minimum atomic E-state index is 0.525. The molecule has 0 atom stereocenters. The van der Waals surface area contributed by atoms with Crippen molar-refractivity contribution in [3.8, 4) is 34.6 Å². The van der Waals surface area contributed by atoms with E-state index >= 15 is 0 Å². The first-order valence-corrected chi connectivity index (χ1v) is 14.6. The van der Waals surface area contributed by atoms with E-state index < -0.39 is 0 Å². The summed E-state index contributed by atoms with van der Waals surface area (Å²) in [5.74, 6) is 0. The smallest absolute Gasteiger partial charge is 0.0998 e. The third kappa shape index (κ3) is 3.76. The van der Waals surface area contributed by atoms with Crippen molar-refractivity contribution in [1.29, 1.82) is 10.5 Å². The van der Waals surface area contributed by atoms with Gasteiger partial charge >= 0.3 is 0 Å². The summed E-state index contributed by atoms with van der Waals surface area (Å²) in [6.07, 6.45) is 0. The zero-order valence-corrected chi connectivity index (χ0v) is 24.3. The van der Waals surface area contributed by atoms with E-state index in [1.54, 1.807) is 0 Å². The van der Waals surface area contributed by atoms with E-state index in [1.165, 1.54) is 32.7 Å². The van der Waals surface area contributed by atoms with Gasteiger partial charge in [-0.1, -0.05) is 71.8 Å². The fraction of sp³-hybridized carbons (Fsp3) is 0.0500. The maximum atomic E-state index is 10.3. The van der Waals surface area contributed by atoms with Crippen molar-refractivity contribution >= 4 is 43.6 Å². The number of rotatable bonds is 3. The van der Waals surface area contributed by atoms with Crippen LogP contribution in [0.4, 0.5) is 0 Å². The van der Waals surface area contributed by atoms with Gasteiger partial charge in [-0.05, 0) is 74.5 Å². The van der Waals surface area contributed by atoms with Crippen molar-refractivity contribution in [2.75, 3.05) is 0 Å². The van der Waals surface area contributed by atoms with Gasteiger partial charge in [0.1, 0.15) is 0 Å². The van der Waals surface area contributed by atoms with E-state index in [0.29, 0.717) is 11.1 Å². The molecule has 0 radical (unpaired) electrons. The highest BCUT2D eigenvalue weighted by molar-refractivity contribution is 6.10. The van der Waals surface area contributed by atoms with E-state index in [4.69, 9.17) is 0 Å². The molecule has 0 amide bonds. The first-order valence-electron chi connectivity index (χ1n) is 14.6. The van der Waals surface area contributed by atoms with Gasteiger partial charge in [-0.3, -0.25) is 0 Å². The molecule has 8 rings (SSSR count). The Balaban J connectivity index is 1.29. The van der Waals surface area contributed by atoms with Gasteiger partial charge in [0, 0.05) is 44.0 Å². The van der Waals surface area contributed by atoms with Crippen LogP contribution in [0, 0.1) is 36.5 Å². The van der Waals surface area contributed by atoms with Crippen LogP contribution >= 0.6 is 0 Å². The summed E-state index contributed by atoms with van der Waals surface area (Å²) in [6.45, 7) is 4.21. The average molecular weight is 563 g/mol. The van der Waals surface area contributed by atoms with E-state index in [1.807, 2.05) is 48.5 Å². The summed E-state index contributed by atoms with van der Waals surface area (Å²) in [7, 11) is 0. The Morgan fingerprint density at radius 3 is 1.27 bits per heavy atom. The van der Waals surface area contributed by atoms with Crippen molar-refractivity contribution < 1.29 is 0 Å². The second-order valence-corrected chi connectivity index (χ2v) is 11.4. The SMILES string of the molecule is Cc1ccc2c(c1)c1ccccc1n2-c1ccc(-c2ccc(-n3c4ccccc4c4cc(C)ccc43)cc2C#N)c(C#N)c1. The largest absolute Gasteiger partial charge is 0.309 e. The lowest BCUT2D eigenvalue weighted by atomic mass is 9.95. The molecule has 0 saturated heterocycles. The molecule has 6 aromatic carbocycles. The molecule has 0 bridgehead atoms. The predicted octanol–water partition coefficient (Wildman–Crippen LogP) is 9.91. The van der Waals surface area contributed by atoms with Gasteiger partial charge in [0.15, 0.2) is 0 Å². The van der Waals surface area contributed by atoms with Gasteiger partial charge in [0.25, 0.3) is 0 Å². The molecule has 44 heavy (non-hydrogen) atoms. The number of benzene rings is 6. The van der Waals surface area contributed by atoms with Crippen molar-refractivity contribution in [3.63, 3.8) is 0 Å². The predicted molar refractivity (Wildman–Crippen MR) is 179 cm³/mol. The fourth-order valence-corrected chi connectivity index (χ4v) is 6.73. The van der Waals surface area contributed by atoms with Crippen LogP contribution in [0.25, 0.3) is 66.1 Å². The molecule has 0 spiro atoms. The highest BCUT2D eigenvalue weighted by Crippen LogP contribution is 2.37. The second kappa shape index (κ2) is 9.73. The lowest BCUT2D eigenvalue weighted by molar-refractivity contribution is 1.17.